The molecule has 0 saturated heterocycles. The summed E-state index contributed by atoms with van der Waals surface area (Å²) < 4.78 is 11.0. The fraction of sp³-hybridized carbons (Fsp3) is 0. The second kappa shape index (κ2) is 6.83. The van der Waals surface area contributed by atoms with Gasteiger partial charge in [0.25, 0.3) is 0 Å². The van der Waals surface area contributed by atoms with Gasteiger partial charge in [-0.1, -0.05) is 35.3 Å². The maximum absolute atomic E-state index is 12.1. The minimum Gasteiger partial charge on any atom is -0.457 e. The molecule has 0 amide bonds. The van der Waals surface area contributed by atoms with Gasteiger partial charge in [-0.05, 0) is 48.5 Å². The number of aliphatic imine (C=N–C) groups is 1. The van der Waals surface area contributed by atoms with Crippen LogP contribution in [0.4, 0.5) is 0 Å². The molecule has 6 heteroatoms. The number of halogens is 2. The topological polar surface area (TPSA) is 51.8 Å². The highest BCUT2D eigenvalue weighted by atomic mass is 35.5. The Bertz CT molecular complexity index is 1050. The average molecular weight is 384 g/mol. The normalized spacial score (nSPS) is 15.2. The van der Waals surface area contributed by atoms with Crippen molar-refractivity contribution >= 4 is 41.1 Å². The fourth-order valence-electron chi connectivity index (χ4n) is 2.50. The Kier molecular flexibility index (Phi) is 4.37. The molecule has 0 fully saturated rings. The van der Waals surface area contributed by atoms with E-state index in [9.17, 15) is 4.79 Å². The van der Waals surface area contributed by atoms with Crippen molar-refractivity contribution < 1.29 is 13.9 Å². The van der Waals surface area contributed by atoms with E-state index in [1.165, 1.54) is 6.08 Å². The van der Waals surface area contributed by atoms with Gasteiger partial charge in [-0.3, -0.25) is 0 Å². The Morgan fingerprint density at radius 1 is 0.923 bits per heavy atom. The van der Waals surface area contributed by atoms with Crippen LogP contribution >= 0.6 is 23.2 Å². The van der Waals surface area contributed by atoms with E-state index in [4.69, 9.17) is 32.4 Å². The van der Waals surface area contributed by atoms with E-state index in [0.29, 0.717) is 27.1 Å². The summed E-state index contributed by atoms with van der Waals surface area (Å²) in [5.74, 6) is 0.783. The highest BCUT2D eigenvalue weighted by molar-refractivity contribution is 6.33. The SMILES string of the molecule is O=C1OC(c2ccc(Cl)cc2)=NC1=Cc1ccc(-c2ccccc2Cl)o1. The summed E-state index contributed by atoms with van der Waals surface area (Å²) in [4.78, 5) is 16.3. The predicted molar refractivity (Wildman–Crippen MR) is 101 cm³/mol. The van der Waals surface area contributed by atoms with Gasteiger partial charge in [0.05, 0.1) is 5.02 Å². The first-order valence-electron chi connectivity index (χ1n) is 7.73. The molecule has 0 spiro atoms. The van der Waals surface area contributed by atoms with Crippen LogP contribution in [0.15, 0.2) is 75.8 Å². The van der Waals surface area contributed by atoms with E-state index in [0.717, 1.165) is 5.56 Å². The average Bonchev–Trinajstić information content (AvgIpc) is 3.24. The number of esters is 1. The molecule has 2 aromatic carbocycles. The molecule has 3 aromatic rings. The molecular weight excluding hydrogens is 373 g/mol. The van der Waals surface area contributed by atoms with Crippen molar-refractivity contribution in [2.45, 2.75) is 0 Å². The number of furan rings is 1. The first-order valence-corrected chi connectivity index (χ1v) is 8.49. The minimum atomic E-state index is -0.536. The summed E-state index contributed by atoms with van der Waals surface area (Å²) in [7, 11) is 0. The number of cyclic esters (lactones) is 1. The van der Waals surface area contributed by atoms with Gasteiger partial charge >= 0.3 is 5.97 Å². The molecule has 26 heavy (non-hydrogen) atoms. The first kappa shape index (κ1) is 16.6. The number of hydrogen-bond donors (Lipinski definition) is 0. The van der Waals surface area contributed by atoms with Crippen LogP contribution < -0.4 is 0 Å². The van der Waals surface area contributed by atoms with Gasteiger partial charge < -0.3 is 9.15 Å². The zero-order valence-electron chi connectivity index (χ0n) is 13.3. The van der Waals surface area contributed by atoms with E-state index in [2.05, 4.69) is 4.99 Å². The molecule has 128 valence electrons. The van der Waals surface area contributed by atoms with Crippen LogP contribution in [0.25, 0.3) is 17.4 Å². The number of nitrogens with zero attached hydrogens (tertiary/aromatic N) is 1. The lowest BCUT2D eigenvalue weighted by atomic mass is 10.2. The van der Waals surface area contributed by atoms with Crippen molar-refractivity contribution in [1.29, 1.82) is 0 Å². The summed E-state index contributed by atoms with van der Waals surface area (Å²) in [6, 6.07) is 17.8. The number of carbonyl (C=O) groups excluding carboxylic acids is 1. The highest BCUT2D eigenvalue weighted by Crippen LogP contribution is 2.30. The fourth-order valence-corrected chi connectivity index (χ4v) is 2.85. The first-order chi connectivity index (χ1) is 12.6. The van der Waals surface area contributed by atoms with Gasteiger partial charge in [-0.25, -0.2) is 9.79 Å². The van der Waals surface area contributed by atoms with Crippen LogP contribution in [-0.4, -0.2) is 11.9 Å². The standard InChI is InChI=1S/C20H11Cl2NO3/c21-13-7-5-12(6-8-13)19-23-17(20(24)26-19)11-14-9-10-18(25-14)15-3-1-2-4-16(15)22/h1-11H. The molecule has 0 aliphatic carbocycles. The molecule has 1 aliphatic rings. The van der Waals surface area contributed by atoms with Gasteiger partial charge in [-0.2, -0.15) is 0 Å². The predicted octanol–water partition coefficient (Wildman–Crippen LogP) is 5.60. The van der Waals surface area contributed by atoms with Crippen LogP contribution in [0.5, 0.6) is 0 Å². The summed E-state index contributed by atoms with van der Waals surface area (Å²) in [6.07, 6.45) is 1.53. The van der Waals surface area contributed by atoms with Crippen LogP contribution in [0.3, 0.4) is 0 Å². The van der Waals surface area contributed by atoms with E-state index in [1.807, 2.05) is 18.2 Å². The molecule has 1 aliphatic heterocycles. The van der Waals surface area contributed by atoms with E-state index in [-0.39, 0.29) is 11.6 Å². The third-order valence-electron chi connectivity index (χ3n) is 3.76. The van der Waals surface area contributed by atoms with Crippen molar-refractivity contribution in [3.05, 3.63) is 87.7 Å². The van der Waals surface area contributed by atoms with Crippen LogP contribution in [0, 0.1) is 0 Å². The third-order valence-corrected chi connectivity index (χ3v) is 4.34. The Labute approximate surface area is 159 Å². The summed E-state index contributed by atoms with van der Waals surface area (Å²) >= 11 is 12.0. The van der Waals surface area contributed by atoms with Crippen molar-refractivity contribution in [3.8, 4) is 11.3 Å². The van der Waals surface area contributed by atoms with Crippen LogP contribution in [0.2, 0.25) is 10.0 Å². The number of rotatable bonds is 3. The van der Waals surface area contributed by atoms with Gasteiger partial charge in [0.1, 0.15) is 11.5 Å². The molecular formula is C20H11Cl2NO3. The van der Waals surface area contributed by atoms with E-state index < -0.39 is 5.97 Å². The molecule has 2 heterocycles. The van der Waals surface area contributed by atoms with E-state index >= 15 is 0 Å². The van der Waals surface area contributed by atoms with Crippen LogP contribution in [0.1, 0.15) is 11.3 Å². The monoisotopic (exact) mass is 383 g/mol. The smallest absolute Gasteiger partial charge is 0.363 e. The molecule has 4 rings (SSSR count). The zero-order valence-corrected chi connectivity index (χ0v) is 14.8. The maximum atomic E-state index is 12.1. The lowest BCUT2D eigenvalue weighted by Gasteiger charge is -1.99. The molecule has 0 radical (unpaired) electrons. The second-order valence-electron chi connectivity index (χ2n) is 5.52. The Balaban J connectivity index is 1.63. The second-order valence-corrected chi connectivity index (χ2v) is 6.37. The quantitative estimate of drug-likeness (QED) is 0.436. The summed E-state index contributed by atoms with van der Waals surface area (Å²) in [5, 5.41) is 1.18. The highest BCUT2D eigenvalue weighted by Gasteiger charge is 2.24. The zero-order chi connectivity index (χ0) is 18.1. The third kappa shape index (κ3) is 3.29. The van der Waals surface area contributed by atoms with Crippen molar-refractivity contribution in [1.82, 2.24) is 0 Å². The molecule has 0 bridgehead atoms. The van der Waals surface area contributed by atoms with Gasteiger partial charge in [0.2, 0.25) is 5.90 Å². The number of ether oxygens (including phenoxy) is 1. The molecule has 0 N–H and O–H groups in total. The van der Waals surface area contributed by atoms with Crippen molar-refractivity contribution in [3.63, 3.8) is 0 Å². The Morgan fingerprint density at radius 2 is 1.69 bits per heavy atom. The summed E-state index contributed by atoms with van der Waals surface area (Å²) in [6.45, 7) is 0. The number of benzene rings is 2. The molecule has 0 atom stereocenters. The van der Waals surface area contributed by atoms with Crippen molar-refractivity contribution in [2.24, 2.45) is 4.99 Å². The largest absolute Gasteiger partial charge is 0.457 e. The Morgan fingerprint density at radius 3 is 2.46 bits per heavy atom. The lowest BCUT2D eigenvalue weighted by Crippen LogP contribution is -2.05. The van der Waals surface area contributed by atoms with Gasteiger partial charge in [-0.15, -0.1) is 0 Å². The number of carbonyl (C=O) groups is 1. The van der Waals surface area contributed by atoms with Crippen molar-refractivity contribution in [2.75, 3.05) is 0 Å². The molecule has 0 unspecified atom stereocenters. The minimum absolute atomic E-state index is 0.162. The Hall–Kier alpha value is -2.82. The molecule has 0 saturated carbocycles. The lowest BCUT2D eigenvalue weighted by molar-refractivity contribution is -0.129. The van der Waals surface area contributed by atoms with Gasteiger partial charge in [0.15, 0.2) is 5.70 Å². The van der Waals surface area contributed by atoms with Crippen LogP contribution in [-0.2, 0) is 9.53 Å². The van der Waals surface area contributed by atoms with Gasteiger partial charge in [0, 0.05) is 22.2 Å². The molecule has 1 aromatic heterocycles. The number of hydrogen-bond acceptors (Lipinski definition) is 4. The summed E-state index contributed by atoms with van der Waals surface area (Å²) in [5.41, 5.74) is 1.61. The maximum Gasteiger partial charge on any atom is 0.363 e. The molecule has 4 nitrogen and oxygen atoms in total. The van der Waals surface area contributed by atoms with E-state index in [1.54, 1.807) is 42.5 Å².